The van der Waals surface area contributed by atoms with E-state index >= 15 is 0 Å². The summed E-state index contributed by atoms with van der Waals surface area (Å²) in [5, 5.41) is 0. The van der Waals surface area contributed by atoms with Crippen LogP contribution >= 0.6 is 0 Å². The Morgan fingerprint density at radius 3 is 2.33 bits per heavy atom. The number of halogens is 1. The van der Waals surface area contributed by atoms with Crippen LogP contribution in [0.5, 0.6) is 0 Å². The molecule has 0 saturated heterocycles. The van der Waals surface area contributed by atoms with E-state index in [4.69, 9.17) is 0 Å². The summed E-state index contributed by atoms with van der Waals surface area (Å²) in [7, 11) is 0. The van der Waals surface area contributed by atoms with Crippen molar-refractivity contribution in [2.24, 2.45) is 0 Å². The molecule has 0 radical (unpaired) electrons. The predicted octanol–water partition coefficient (Wildman–Crippen LogP) is 5.69. The molecule has 0 spiro atoms. The molecule has 0 nitrogen and oxygen atoms in total. The first-order valence-electron chi connectivity index (χ1n) is 8.28. The highest BCUT2D eigenvalue weighted by Gasteiger charge is 2.36. The first kappa shape index (κ1) is 14.9. The van der Waals surface area contributed by atoms with Crippen LogP contribution in [0.2, 0.25) is 0 Å². The van der Waals surface area contributed by atoms with Gasteiger partial charge in [0.05, 0.1) is 0 Å². The first-order chi connectivity index (χ1) is 11.7. The van der Waals surface area contributed by atoms with Crippen molar-refractivity contribution in [3.63, 3.8) is 0 Å². The van der Waals surface area contributed by atoms with E-state index in [1.807, 2.05) is 18.2 Å². The third-order valence-corrected chi connectivity index (χ3v) is 4.99. The molecule has 0 bridgehead atoms. The van der Waals surface area contributed by atoms with Gasteiger partial charge in [-0.3, -0.25) is 0 Å². The van der Waals surface area contributed by atoms with Crippen molar-refractivity contribution < 1.29 is 4.39 Å². The van der Waals surface area contributed by atoms with Crippen molar-refractivity contribution in [2.75, 3.05) is 0 Å². The lowest BCUT2D eigenvalue weighted by molar-refractivity contribution is 0.548. The van der Waals surface area contributed by atoms with Crippen LogP contribution in [0.4, 0.5) is 4.39 Å². The molecule has 0 amide bonds. The van der Waals surface area contributed by atoms with Gasteiger partial charge in [0, 0.05) is 11.0 Å². The molecule has 118 valence electrons. The average molecular weight is 314 g/mol. The Balaban J connectivity index is 1.95. The summed E-state index contributed by atoms with van der Waals surface area (Å²) in [6.07, 6.45) is 5.06. The normalized spacial score (nSPS) is 19.1. The second kappa shape index (κ2) is 5.76. The fraction of sp³-hybridized carbons (Fsp3) is 0.130. The molecule has 3 aromatic carbocycles. The zero-order valence-corrected chi connectivity index (χ0v) is 13.7. The van der Waals surface area contributed by atoms with Gasteiger partial charge in [-0.1, -0.05) is 84.4 Å². The molecule has 24 heavy (non-hydrogen) atoms. The van der Waals surface area contributed by atoms with Crippen molar-refractivity contribution in [3.05, 3.63) is 113 Å². The van der Waals surface area contributed by atoms with Gasteiger partial charge in [-0.25, -0.2) is 4.39 Å². The molecule has 1 aliphatic rings. The molecule has 0 heterocycles. The van der Waals surface area contributed by atoms with Crippen LogP contribution in [0, 0.1) is 12.7 Å². The lowest BCUT2D eigenvalue weighted by Crippen LogP contribution is -2.31. The number of fused-ring (bicyclic) bond motifs is 1. The quantitative estimate of drug-likeness (QED) is 0.570. The summed E-state index contributed by atoms with van der Waals surface area (Å²) < 4.78 is 14.7. The Morgan fingerprint density at radius 2 is 1.54 bits per heavy atom. The number of allylic oxidation sites excluding steroid dienone is 1. The molecule has 1 aliphatic carbocycles. The largest absolute Gasteiger partial charge is 0.207 e. The summed E-state index contributed by atoms with van der Waals surface area (Å²) in [5.41, 5.74) is 5.08. The van der Waals surface area contributed by atoms with E-state index < -0.39 is 5.41 Å². The average Bonchev–Trinajstić information content (AvgIpc) is 2.62. The Labute approximate surface area is 142 Å². The molecule has 0 N–H and O–H groups in total. The van der Waals surface area contributed by atoms with Crippen molar-refractivity contribution in [3.8, 4) is 0 Å². The summed E-state index contributed by atoms with van der Waals surface area (Å²) in [4.78, 5) is 0. The lowest BCUT2D eigenvalue weighted by Gasteiger charge is -2.36. The third kappa shape index (κ3) is 2.37. The number of aryl methyl sites for hydroxylation is 1. The molecule has 1 unspecified atom stereocenters. The fourth-order valence-corrected chi connectivity index (χ4v) is 3.66. The van der Waals surface area contributed by atoms with Gasteiger partial charge in [-0.05, 0) is 36.1 Å². The van der Waals surface area contributed by atoms with E-state index in [0.29, 0.717) is 0 Å². The van der Waals surface area contributed by atoms with Crippen LogP contribution in [-0.2, 0) is 11.8 Å². The lowest BCUT2D eigenvalue weighted by atomic mass is 9.67. The summed E-state index contributed by atoms with van der Waals surface area (Å²) in [6, 6.07) is 24.0. The fourth-order valence-electron chi connectivity index (χ4n) is 3.66. The van der Waals surface area contributed by atoms with Gasteiger partial charge < -0.3 is 0 Å². The minimum Gasteiger partial charge on any atom is -0.207 e. The smallest absolute Gasteiger partial charge is 0.127 e. The van der Waals surface area contributed by atoms with E-state index in [0.717, 1.165) is 17.5 Å². The maximum Gasteiger partial charge on any atom is 0.127 e. The summed E-state index contributed by atoms with van der Waals surface area (Å²) >= 11 is 0. The molecule has 0 fully saturated rings. The van der Waals surface area contributed by atoms with Crippen LogP contribution in [0.3, 0.4) is 0 Å². The van der Waals surface area contributed by atoms with Crippen LogP contribution in [0.15, 0.2) is 78.9 Å². The number of rotatable bonds is 2. The second-order valence-electron chi connectivity index (χ2n) is 6.53. The van der Waals surface area contributed by atoms with Crippen LogP contribution in [0.1, 0.15) is 27.8 Å². The first-order valence-corrected chi connectivity index (χ1v) is 8.28. The molecule has 0 saturated carbocycles. The van der Waals surface area contributed by atoms with Crippen molar-refractivity contribution >= 4 is 6.08 Å². The standard InChI is InChI=1S/C23H19F/c1-17-10-12-20(13-11-17)23(21-8-4-5-9-22(21)24)15-14-18-6-2-3-7-19(18)16-23/h2-15H,16H2,1H3. The zero-order valence-electron chi connectivity index (χ0n) is 13.7. The van der Waals surface area contributed by atoms with Crippen molar-refractivity contribution in [1.29, 1.82) is 0 Å². The van der Waals surface area contributed by atoms with Crippen LogP contribution in [0.25, 0.3) is 6.08 Å². The van der Waals surface area contributed by atoms with Crippen LogP contribution < -0.4 is 0 Å². The van der Waals surface area contributed by atoms with Crippen LogP contribution in [-0.4, -0.2) is 0 Å². The predicted molar refractivity (Wildman–Crippen MR) is 97.5 cm³/mol. The SMILES string of the molecule is Cc1ccc(C2(c3ccccc3F)C=Cc3ccccc3C2)cc1. The Kier molecular flexibility index (Phi) is 3.57. The minimum absolute atomic E-state index is 0.151. The molecular formula is C23H19F. The number of hydrogen-bond acceptors (Lipinski definition) is 0. The zero-order chi connectivity index (χ0) is 16.6. The Hall–Kier alpha value is -2.67. The molecular weight excluding hydrogens is 295 g/mol. The molecule has 0 aromatic heterocycles. The van der Waals surface area contributed by atoms with E-state index in [-0.39, 0.29) is 5.82 Å². The van der Waals surface area contributed by atoms with Crippen molar-refractivity contribution in [2.45, 2.75) is 18.8 Å². The Morgan fingerprint density at radius 1 is 0.833 bits per heavy atom. The highest BCUT2D eigenvalue weighted by Crippen LogP contribution is 2.42. The molecule has 4 rings (SSSR count). The van der Waals surface area contributed by atoms with Gasteiger partial charge in [-0.15, -0.1) is 0 Å². The van der Waals surface area contributed by atoms with Gasteiger partial charge in [0.1, 0.15) is 5.82 Å². The van der Waals surface area contributed by atoms with Crippen molar-refractivity contribution in [1.82, 2.24) is 0 Å². The third-order valence-electron chi connectivity index (χ3n) is 4.99. The highest BCUT2D eigenvalue weighted by molar-refractivity contribution is 5.64. The van der Waals surface area contributed by atoms with Gasteiger partial charge in [0.15, 0.2) is 0 Å². The monoisotopic (exact) mass is 314 g/mol. The second-order valence-corrected chi connectivity index (χ2v) is 6.53. The van der Waals surface area contributed by atoms with Gasteiger partial charge >= 0.3 is 0 Å². The van der Waals surface area contributed by atoms with E-state index in [2.05, 4.69) is 61.5 Å². The maximum absolute atomic E-state index is 14.7. The number of benzene rings is 3. The molecule has 1 heteroatoms. The highest BCUT2D eigenvalue weighted by atomic mass is 19.1. The van der Waals surface area contributed by atoms with E-state index in [9.17, 15) is 4.39 Å². The van der Waals surface area contributed by atoms with E-state index in [1.54, 1.807) is 12.1 Å². The van der Waals surface area contributed by atoms with E-state index in [1.165, 1.54) is 16.7 Å². The molecule has 1 atom stereocenters. The number of hydrogen-bond donors (Lipinski definition) is 0. The van der Waals surface area contributed by atoms with Gasteiger partial charge in [0.25, 0.3) is 0 Å². The summed E-state index contributed by atoms with van der Waals surface area (Å²) in [5.74, 6) is -0.151. The Bertz CT molecular complexity index is 905. The van der Waals surface area contributed by atoms with Gasteiger partial charge in [-0.2, -0.15) is 0 Å². The molecule has 0 aliphatic heterocycles. The molecule has 3 aromatic rings. The maximum atomic E-state index is 14.7. The van der Waals surface area contributed by atoms with Gasteiger partial charge in [0.2, 0.25) is 0 Å². The minimum atomic E-state index is -0.465. The summed E-state index contributed by atoms with van der Waals surface area (Å²) in [6.45, 7) is 2.07. The topological polar surface area (TPSA) is 0 Å².